The highest BCUT2D eigenvalue weighted by Gasteiger charge is 2.53. The molecule has 1 aliphatic carbocycles. The molecule has 2 fully saturated rings. The molecule has 5 rings (SSSR count). The lowest BCUT2D eigenvalue weighted by Crippen LogP contribution is -2.45. The average molecular weight is 433 g/mol. The van der Waals surface area contributed by atoms with Crippen LogP contribution >= 0.6 is 0 Å². The minimum atomic E-state index is 0.322. The van der Waals surface area contributed by atoms with Gasteiger partial charge in [0.25, 0.3) is 0 Å². The first-order chi connectivity index (χ1) is 15.5. The van der Waals surface area contributed by atoms with Crippen molar-refractivity contribution < 1.29 is 0 Å². The second kappa shape index (κ2) is 9.31. The largest absolute Gasteiger partial charge is 0.386 e. The third kappa shape index (κ3) is 4.50. The number of hydrogen-bond acceptors (Lipinski definition) is 5. The van der Waals surface area contributed by atoms with Crippen LogP contribution in [0.2, 0.25) is 0 Å². The van der Waals surface area contributed by atoms with Crippen molar-refractivity contribution in [3.8, 4) is 0 Å². The van der Waals surface area contributed by atoms with E-state index >= 15 is 0 Å². The monoisotopic (exact) mass is 432 g/mol. The van der Waals surface area contributed by atoms with Crippen molar-refractivity contribution in [2.45, 2.75) is 59.4 Å². The highest BCUT2D eigenvalue weighted by Crippen LogP contribution is 2.57. The summed E-state index contributed by atoms with van der Waals surface area (Å²) in [4.78, 5) is 19.2. The Labute approximate surface area is 191 Å². The molecule has 1 saturated carbocycles. The second-order valence-electron chi connectivity index (χ2n) is 9.16. The summed E-state index contributed by atoms with van der Waals surface area (Å²) in [6, 6.07) is 6.66. The zero-order valence-electron chi connectivity index (χ0n) is 19.9. The maximum Gasteiger partial charge on any atom is 0.142 e. The first kappa shape index (κ1) is 22.3. The Hall–Kier alpha value is -2.89. The minimum Gasteiger partial charge on any atom is -0.386 e. The SMILES string of the molecule is C=C(NC(C)Cc1ccc(C)cn1)C1CCN(c2ncnc3[nH]ccc23)CC12CC2.CC. The van der Waals surface area contributed by atoms with E-state index in [1.807, 2.05) is 26.2 Å². The minimum absolute atomic E-state index is 0.322. The number of piperidine rings is 1. The molecule has 32 heavy (non-hydrogen) atoms. The lowest BCUT2D eigenvalue weighted by molar-refractivity contribution is 0.278. The number of rotatable bonds is 6. The van der Waals surface area contributed by atoms with Crippen LogP contribution in [-0.4, -0.2) is 39.1 Å². The Bertz CT molecular complexity index is 1050. The van der Waals surface area contributed by atoms with Crippen molar-refractivity contribution in [2.75, 3.05) is 18.0 Å². The molecule has 2 aliphatic rings. The van der Waals surface area contributed by atoms with E-state index in [0.717, 1.165) is 48.5 Å². The van der Waals surface area contributed by atoms with Crippen LogP contribution in [0.1, 0.15) is 51.3 Å². The van der Waals surface area contributed by atoms with E-state index < -0.39 is 0 Å². The Morgan fingerprint density at radius 2 is 2.06 bits per heavy atom. The van der Waals surface area contributed by atoms with Crippen LogP contribution in [0.15, 0.2) is 49.2 Å². The maximum absolute atomic E-state index is 4.62. The molecule has 0 radical (unpaired) electrons. The zero-order valence-corrected chi connectivity index (χ0v) is 19.9. The van der Waals surface area contributed by atoms with Gasteiger partial charge in [0.15, 0.2) is 0 Å². The maximum atomic E-state index is 4.62. The van der Waals surface area contributed by atoms with Gasteiger partial charge in [-0.15, -0.1) is 0 Å². The van der Waals surface area contributed by atoms with E-state index in [-0.39, 0.29) is 0 Å². The van der Waals surface area contributed by atoms with Crippen molar-refractivity contribution in [3.63, 3.8) is 0 Å². The molecule has 1 aliphatic heterocycles. The molecular weight excluding hydrogens is 396 g/mol. The van der Waals surface area contributed by atoms with Crippen LogP contribution in [0.3, 0.4) is 0 Å². The van der Waals surface area contributed by atoms with Crippen LogP contribution in [0.5, 0.6) is 0 Å². The number of nitrogens with zero attached hydrogens (tertiary/aromatic N) is 4. The van der Waals surface area contributed by atoms with Gasteiger partial charge < -0.3 is 15.2 Å². The van der Waals surface area contributed by atoms with E-state index in [2.05, 4.69) is 68.8 Å². The van der Waals surface area contributed by atoms with E-state index in [9.17, 15) is 0 Å². The van der Waals surface area contributed by atoms with Crippen LogP contribution < -0.4 is 10.2 Å². The number of fused-ring (bicyclic) bond motifs is 1. The number of anilines is 1. The molecule has 3 aromatic rings. The third-order valence-electron chi connectivity index (χ3n) is 6.80. The van der Waals surface area contributed by atoms with Crippen molar-refractivity contribution in [2.24, 2.45) is 11.3 Å². The molecule has 0 amide bonds. The Kier molecular flexibility index (Phi) is 6.49. The van der Waals surface area contributed by atoms with Gasteiger partial charge in [0.2, 0.25) is 0 Å². The molecular formula is C26H36N6. The van der Waals surface area contributed by atoms with Crippen LogP contribution in [0.25, 0.3) is 11.0 Å². The van der Waals surface area contributed by atoms with Gasteiger partial charge in [-0.25, -0.2) is 9.97 Å². The smallest absolute Gasteiger partial charge is 0.142 e. The molecule has 3 aromatic heterocycles. The second-order valence-corrected chi connectivity index (χ2v) is 9.16. The molecule has 6 heteroatoms. The third-order valence-corrected chi connectivity index (χ3v) is 6.80. The number of aromatic amines is 1. The molecule has 2 unspecified atom stereocenters. The van der Waals surface area contributed by atoms with Gasteiger partial charge in [-0.1, -0.05) is 26.5 Å². The van der Waals surface area contributed by atoms with Crippen LogP contribution in [-0.2, 0) is 6.42 Å². The highest BCUT2D eigenvalue weighted by atomic mass is 15.2. The Balaban J connectivity index is 0.00000119. The summed E-state index contributed by atoms with van der Waals surface area (Å²) in [7, 11) is 0. The molecule has 1 saturated heterocycles. The van der Waals surface area contributed by atoms with E-state index in [1.54, 1.807) is 6.33 Å². The fourth-order valence-electron chi connectivity index (χ4n) is 5.06. The van der Waals surface area contributed by atoms with Crippen LogP contribution in [0.4, 0.5) is 5.82 Å². The zero-order chi connectivity index (χ0) is 22.7. The summed E-state index contributed by atoms with van der Waals surface area (Å²) < 4.78 is 0. The Morgan fingerprint density at radius 1 is 1.25 bits per heavy atom. The summed E-state index contributed by atoms with van der Waals surface area (Å²) in [5.41, 5.74) is 4.77. The summed E-state index contributed by atoms with van der Waals surface area (Å²) in [6.45, 7) is 14.8. The lowest BCUT2D eigenvalue weighted by atomic mass is 9.80. The number of aromatic nitrogens is 4. The van der Waals surface area contributed by atoms with Gasteiger partial charge in [0, 0.05) is 55.3 Å². The highest BCUT2D eigenvalue weighted by molar-refractivity contribution is 5.87. The number of hydrogen-bond donors (Lipinski definition) is 2. The molecule has 0 bridgehead atoms. The predicted molar refractivity (Wildman–Crippen MR) is 132 cm³/mol. The van der Waals surface area contributed by atoms with Crippen LogP contribution in [0, 0.1) is 18.3 Å². The van der Waals surface area contributed by atoms with Crippen molar-refractivity contribution in [1.29, 1.82) is 0 Å². The normalized spacial score (nSPS) is 19.9. The Morgan fingerprint density at radius 3 is 2.78 bits per heavy atom. The first-order valence-corrected chi connectivity index (χ1v) is 11.9. The quantitative estimate of drug-likeness (QED) is 0.572. The molecule has 2 N–H and O–H groups in total. The van der Waals surface area contributed by atoms with E-state index in [1.165, 1.54) is 24.1 Å². The average Bonchev–Trinajstić information content (AvgIpc) is 3.37. The molecule has 1 spiro atoms. The standard InChI is InChI=1S/C24H30N6.C2H6/c1-16-4-5-19(26-13-16)12-17(2)29-18(3)21-7-11-30(14-24(21)8-9-24)23-20-6-10-25-22(20)27-15-28-23;1-2/h4-6,10,13,15,17,21,29H,3,7-9,11-12,14H2,1-2H3,(H,25,27,28);1-2H3. The van der Waals surface area contributed by atoms with Gasteiger partial charge in [0.1, 0.15) is 17.8 Å². The summed E-state index contributed by atoms with van der Waals surface area (Å²) in [6.07, 6.45) is 10.1. The fourth-order valence-corrected chi connectivity index (χ4v) is 5.06. The molecule has 4 heterocycles. The number of H-pyrrole nitrogens is 1. The van der Waals surface area contributed by atoms with Gasteiger partial charge >= 0.3 is 0 Å². The predicted octanol–water partition coefficient (Wildman–Crippen LogP) is 5.03. The van der Waals surface area contributed by atoms with Gasteiger partial charge in [-0.3, -0.25) is 4.98 Å². The summed E-state index contributed by atoms with van der Waals surface area (Å²) in [5, 5.41) is 4.82. The first-order valence-electron chi connectivity index (χ1n) is 11.9. The van der Waals surface area contributed by atoms with Gasteiger partial charge in [0.05, 0.1) is 5.39 Å². The fraction of sp³-hybridized carbons (Fsp3) is 0.500. The lowest BCUT2D eigenvalue weighted by Gasteiger charge is -2.41. The molecule has 2 atom stereocenters. The van der Waals surface area contributed by atoms with E-state index in [4.69, 9.17) is 0 Å². The molecule has 170 valence electrons. The van der Waals surface area contributed by atoms with Gasteiger partial charge in [-0.2, -0.15) is 0 Å². The number of pyridine rings is 1. The van der Waals surface area contributed by atoms with Crippen molar-refractivity contribution >= 4 is 16.9 Å². The topological polar surface area (TPSA) is 69.7 Å². The number of allylic oxidation sites excluding steroid dienone is 1. The molecule has 0 aromatic carbocycles. The number of nitrogens with one attached hydrogen (secondary N) is 2. The number of aryl methyl sites for hydroxylation is 1. The van der Waals surface area contributed by atoms with Crippen molar-refractivity contribution in [3.05, 3.63) is 60.5 Å². The summed E-state index contributed by atoms with van der Waals surface area (Å²) >= 11 is 0. The summed E-state index contributed by atoms with van der Waals surface area (Å²) in [5.74, 6) is 1.58. The van der Waals surface area contributed by atoms with Gasteiger partial charge in [-0.05, 0) is 56.2 Å². The van der Waals surface area contributed by atoms with E-state index in [0.29, 0.717) is 17.4 Å². The molecule has 6 nitrogen and oxygen atoms in total. The van der Waals surface area contributed by atoms with Crippen molar-refractivity contribution in [1.82, 2.24) is 25.3 Å².